The summed E-state index contributed by atoms with van der Waals surface area (Å²) >= 11 is 0. The monoisotopic (exact) mass is 238 g/mol. The fourth-order valence-corrected chi connectivity index (χ4v) is 4.13. The number of carbonyl (C=O) groups excluding carboxylic acids is 2. The van der Waals surface area contributed by atoms with E-state index in [0.29, 0.717) is 11.1 Å². The third-order valence-electron chi connectivity index (χ3n) is 5.28. The van der Waals surface area contributed by atoms with Crippen LogP contribution in [0.4, 0.5) is 0 Å². The fourth-order valence-electron chi connectivity index (χ4n) is 4.13. The average Bonchev–Trinajstić information content (AvgIpc) is 2.39. The molecule has 1 fully saturated rings. The molecule has 0 bridgehead atoms. The van der Waals surface area contributed by atoms with Crippen molar-refractivity contribution in [1.82, 2.24) is 0 Å². The van der Waals surface area contributed by atoms with Crippen LogP contribution in [-0.2, 0) is 0 Å². The zero-order valence-electron chi connectivity index (χ0n) is 10.1. The van der Waals surface area contributed by atoms with Crippen LogP contribution in [0.25, 0.3) is 0 Å². The van der Waals surface area contributed by atoms with Crippen molar-refractivity contribution in [2.45, 2.75) is 25.7 Å². The summed E-state index contributed by atoms with van der Waals surface area (Å²) in [5, 5.41) is 0. The van der Waals surface area contributed by atoms with Crippen molar-refractivity contribution >= 4 is 11.6 Å². The molecule has 4 rings (SSSR count). The van der Waals surface area contributed by atoms with Gasteiger partial charge in [0.2, 0.25) is 0 Å². The lowest BCUT2D eigenvalue weighted by Gasteiger charge is -2.60. The Balaban J connectivity index is 2.02. The number of ketones is 2. The van der Waals surface area contributed by atoms with E-state index in [9.17, 15) is 9.59 Å². The minimum Gasteiger partial charge on any atom is -0.293 e. The van der Waals surface area contributed by atoms with Gasteiger partial charge in [0.15, 0.2) is 11.6 Å². The van der Waals surface area contributed by atoms with Crippen LogP contribution in [0.15, 0.2) is 36.4 Å². The molecule has 0 aromatic heterocycles. The molecule has 0 spiro atoms. The molecule has 0 amide bonds. The Bertz CT molecular complexity index is 560. The Morgan fingerprint density at radius 2 is 1.22 bits per heavy atom. The summed E-state index contributed by atoms with van der Waals surface area (Å²) in [5.74, 6) is 0.404. The standard InChI is InChI=1S/C16H14O2/c17-13-11-5-1-2-6-12(11)14(18)16-8-4-3-7-15(13,16)9-10-16/h1-6H,7-10H2. The maximum atomic E-state index is 12.8. The van der Waals surface area contributed by atoms with Gasteiger partial charge in [-0.2, -0.15) is 0 Å². The van der Waals surface area contributed by atoms with Crippen LogP contribution in [0.2, 0.25) is 0 Å². The molecule has 90 valence electrons. The Kier molecular flexibility index (Phi) is 1.71. The molecule has 2 heteroatoms. The van der Waals surface area contributed by atoms with Crippen LogP contribution in [0, 0.1) is 10.8 Å². The Labute approximate surface area is 106 Å². The molecule has 2 nitrogen and oxygen atoms in total. The lowest BCUT2D eigenvalue weighted by atomic mass is 9.39. The molecule has 1 aromatic rings. The minimum absolute atomic E-state index is 0.202. The van der Waals surface area contributed by atoms with Crippen molar-refractivity contribution in [3.63, 3.8) is 0 Å². The average molecular weight is 238 g/mol. The summed E-state index contributed by atoms with van der Waals surface area (Å²) in [6.45, 7) is 0. The highest BCUT2D eigenvalue weighted by molar-refractivity contribution is 6.20. The Morgan fingerprint density at radius 3 is 1.61 bits per heavy atom. The van der Waals surface area contributed by atoms with Gasteiger partial charge < -0.3 is 0 Å². The van der Waals surface area contributed by atoms with Gasteiger partial charge in [0.05, 0.1) is 10.8 Å². The van der Waals surface area contributed by atoms with Crippen molar-refractivity contribution in [3.05, 3.63) is 47.5 Å². The highest BCUT2D eigenvalue weighted by Gasteiger charge is 2.68. The first-order valence-corrected chi connectivity index (χ1v) is 6.55. The Hall–Kier alpha value is -1.70. The third kappa shape index (κ3) is 0.858. The van der Waals surface area contributed by atoms with E-state index < -0.39 is 10.8 Å². The predicted octanol–water partition coefficient (Wildman–Crippen LogP) is 3.18. The van der Waals surface area contributed by atoms with E-state index >= 15 is 0 Å². The Morgan fingerprint density at radius 1 is 0.778 bits per heavy atom. The number of Topliss-reactive ketones (excluding diaryl/α,β-unsaturated/α-hetero) is 2. The molecule has 2 atom stereocenters. The molecule has 2 unspecified atom stereocenters. The molecular weight excluding hydrogens is 224 g/mol. The van der Waals surface area contributed by atoms with Gasteiger partial charge in [-0.15, -0.1) is 0 Å². The van der Waals surface area contributed by atoms with Gasteiger partial charge in [0.1, 0.15) is 0 Å². The van der Waals surface area contributed by atoms with Crippen molar-refractivity contribution in [1.29, 1.82) is 0 Å². The van der Waals surface area contributed by atoms with Crippen LogP contribution < -0.4 is 0 Å². The van der Waals surface area contributed by atoms with Gasteiger partial charge in [0.25, 0.3) is 0 Å². The molecule has 0 aliphatic heterocycles. The van der Waals surface area contributed by atoms with Crippen molar-refractivity contribution in [2.75, 3.05) is 0 Å². The fraction of sp³-hybridized carbons (Fsp3) is 0.375. The van der Waals surface area contributed by atoms with Crippen LogP contribution in [-0.4, -0.2) is 11.6 Å². The van der Waals surface area contributed by atoms with Crippen molar-refractivity contribution in [3.8, 4) is 0 Å². The molecule has 18 heavy (non-hydrogen) atoms. The van der Waals surface area contributed by atoms with Gasteiger partial charge in [0, 0.05) is 11.1 Å². The maximum Gasteiger partial charge on any atom is 0.171 e. The smallest absolute Gasteiger partial charge is 0.171 e. The molecule has 0 heterocycles. The van der Waals surface area contributed by atoms with Crippen LogP contribution >= 0.6 is 0 Å². The zero-order valence-corrected chi connectivity index (χ0v) is 10.1. The largest absolute Gasteiger partial charge is 0.293 e. The summed E-state index contributed by atoms with van der Waals surface area (Å²) < 4.78 is 0. The van der Waals surface area contributed by atoms with Gasteiger partial charge in [-0.25, -0.2) is 0 Å². The second kappa shape index (κ2) is 3.00. The van der Waals surface area contributed by atoms with E-state index in [1.807, 2.05) is 24.3 Å². The second-order valence-corrected chi connectivity index (χ2v) is 5.75. The molecule has 0 radical (unpaired) electrons. The summed E-state index contributed by atoms with van der Waals surface area (Å²) in [6, 6.07) is 7.33. The number of fused-ring (bicyclic) bond motifs is 1. The number of benzene rings is 1. The maximum absolute atomic E-state index is 12.8. The molecule has 3 aliphatic carbocycles. The first-order valence-electron chi connectivity index (χ1n) is 6.55. The van der Waals surface area contributed by atoms with Crippen LogP contribution in [0.1, 0.15) is 46.4 Å². The molecule has 0 saturated heterocycles. The lowest BCUT2D eigenvalue weighted by Crippen LogP contribution is -2.63. The quantitative estimate of drug-likeness (QED) is 0.650. The van der Waals surface area contributed by atoms with E-state index in [1.165, 1.54) is 0 Å². The summed E-state index contributed by atoms with van der Waals surface area (Å²) in [7, 11) is 0. The van der Waals surface area contributed by atoms with Crippen LogP contribution in [0.5, 0.6) is 0 Å². The van der Waals surface area contributed by atoms with Gasteiger partial charge in [-0.3, -0.25) is 9.59 Å². The lowest BCUT2D eigenvalue weighted by molar-refractivity contribution is -0.0379. The molecular formula is C16H14O2. The van der Waals surface area contributed by atoms with Crippen molar-refractivity contribution in [2.24, 2.45) is 10.8 Å². The van der Waals surface area contributed by atoms with E-state index in [4.69, 9.17) is 0 Å². The topological polar surface area (TPSA) is 34.1 Å². The van der Waals surface area contributed by atoms with Crippen molar-refractivity contribution < 1.29 is 9.59 Å². The SMILES string of the molecule is O=C1c2ccccc2C(=O)C23CC=CCC12CC3. The van der Waals surface area contributed by atoms with Gasteiger partial charge in [-0.05, 0) is 25.7 Å². The third-order valence-corrected chi connectivity index (χ3v) is 5.28. The van der Waals surface area contributed by atoms with Crippen LogP contribution in [0.3, 0.4) is 0 Å². The van der Waals surface area contributed by atoms with Gasteiger partial charge in [-0.1, -0.05) is 36.4 Å². The normalized spacial score (nSPS) is 36.4. The molecule has 1 saturated carbocycles. The number of carbonyl (C=O) groups is 2. The zero-order chi connectivity index (χ0) is 12.4. The second-order valence-electron chi connectivity index (χ2n) is 5.75. The van der Waals surface area contributed by atoms with E-state index in [-0.39, 0.29) is 11.6 Å². The minimum atomic E-state index is -0.410. The first-order chi connectivity index (χ1) is 8.71. The highest BCUT2D eigenvalue weighted by Crippen LogP contribution is 2.67. The molecule has 3 aliphatic rings. The number of allylic oxidation sites excluding steroid dienone is 2. The number of rotatable bonds is 0. The summed E-state index contributed by atoms with van der Waals surface area (Å²) in [5.41, 5.74) is 0.474. The predicted molar refractivity (Wildman–Crippen MR) is 67.6 cm³/mol. The number of hydrogen-bond donors (Lipinski definition) is 0. The number of hydrogen-bond acceptors (Lipinski definition) is 2. The summed E-state index contributed by atoms with van der Waals surface area (Å²) in [6.07, 6.45) is 7.39. The van der Waals surface area contributed by atoms with Gasteiger partial charge >= 0.3 is 0 Å². The van der Waals surface area contributed by atoms with E-state index in [0.717, 1.165) is 25.7 Å². The highest BCUT2D eigenvalue weighted by atomic mass is 16.1. The van der Waals surface area contributed by atoms with E-state index in [2.05, 4.69) is 12.2 Å². The van der Waals surface area contributed by atoms with E-state index in [1.54, 1.807) is 0 Å². The molecule has 0 N–H and O–H groups in total. The first kappa shape index (κ1) is 10.2. The summed E-state index contributed by atoms with van der Waals surface area (Å²) in [4.78, 5) is 25.6. The molecule has 1 aromatic carbocycles.